The molecule has 0 atom stereocenters. The summed E-state index contributed by atoms with van der Waals surface area (Å²) in [6, 6.07) is 10.5. The number of aromatic nitrogens is 2. The number of nitrogens with one attached hydrogen (secondary N) is 2. The second kappa shape index (κ2) is 10.9. The van der Waals surface area contributed by atoms with Crippen molar-refractivity contribution in [1.29, 1.82) is 0 Å². The molecule has 1 spiro atoms. The second-order valence-electron chi connectivity index (χ2n) is 11.7. The van der Waals surface area contributed by atoms with Gasteiger partial charge in [-0.15, -0.1) is 0 Å². The van der Waals surface area contributed by atoms with Crippen molar-refractivity contribution < 1.29 is 22.0 Å². The predicted octanol–water partition coefficient (Wildman–Crippen LogP) is 5.50. The Morgan fingerprint density at radius 1 is 0.881 bits per heavy atom. The van der Waals surface area contributed by atoms with Crippen LogP contribution in [0.15, 0.2) is 55.1 Å². The number of hydrogen-bond acceptors (Lipinski definition) is 6. The summed E-state index contributed by atoms with van der Waals surface area (Å²) in [7, 11) is -3.48. The fourth-order valence-electron chi connectivity index (χ4n) is 5.95. The highest BCUT2D eigenvalue weighted by Gasteiger charge is 2.44. The lowest BCUT2D eigenvalue weighted by Gasteiger charge is -2.35. The zero-order valence-electron chi connectivity index (χ0n) is 23.7. The highest BCUT2D eigenvalue weighted by molar-refractivity contribution is 7.92. The molecule has 1 amide bonds. The van der Waals surface area contributed by atoms with Crippen LogP contribution in [0.3, 0.4) is 0 Å². The van der Waals surface area contributed by atoms with Gasteiger partial charge in [0.2, 0.25) is 10.0 Å². The Balaban J connectivity index is 1.29. The number of alkyl halides is 2. The van der Waals surface area contributed by atoms with Crippen LogP contribution in [-0.4, -0.2) is 61.7 Å². The van der Waals surface area contributed by atoms with Crippen molar-refractivity contribution in [2.24, 2.45) is 5.41 Å². The number of carbonyl (C=O) groups excluding carboxylic acids is 1. The summed E-state index contributed by atoms with van der Waals surface area (Å²) >= 11 is 0. The smallest absolute Gasteiger partial charge is 0.257 e. The number of benzene rings is 2. The maximum atomic E-state index is 13.9. The summed E-state index contributed by atoms with van der Waals surface area (Å²) in [6.45, 7) is 3.57. The molecule has 3 heterocycles. The Hall–Kier alpha value is -3.67. The number of halogens is 2. The van der Waals surface area contributed by atoms with Crippen LogP contribution in [0.4, 0.5) is 31.5 Å². The van der Waals surface area contributed by atoms with E-state index in [1.54, 1.807) is 49.9 Å². The first-order valence-electron chi connectivity index (χ1n) is 14.5. The molecule has 224 valence electrons. The molecule has 3 fully saturated rings. The number of rotatable bonds is 8. The Bertz CT molecular complexity index is 1550. The Kier molecular flexibility index (Phi) is 7.36. The van der Waals surface area contributed by atoms with Gasteiger partial charge in [-0.05, 0) is 74.4 Å². The van der Waals surface area contributed by atoms with Gasteiger partial charge in [-0.2, -0.15) is 0 Å². The van der Waals surface area contributed by atoms with E-state index in [9.17, 15) is 22.0 Å². The van der Waals surface area contributed by atoms with Gasteiger partial charge in [0, 0.05) is 57.1 Å². The highest BCUT2D eigenvalue weighted by atomic mass is 32.2. The van der Waals surface area contributed by atoms with Crippen LogP contribution in [0, 0.1) is 5.41 Å². The number of sulfonamides is 1. The molecule has 0 bridgehead atoms. The molecular weight excluding hydrogens is 562 g/mol. The molecule has 0 radical (unpaired) electrons. The van der Waals surface area contributed by atoms with Gasteiger partial charge in [-0.3, -0.25) is 9.52 Å². The second-order valence-corrected chi connectivity index (χ2v) is 13.7. The first-order chi connectivity index (χ1) is 20.1. The lowest BCUT2D eigenvalue weighted by atomic mass is 9.93. The first kappa shape index (κ1) is 28.4. The SMILES string of the molecule is CCS(=O)(=O)Nc1ccc(C(=O)Nc2ccc(-n3ccnc3)c(N3CCC(F)(F)CC3)c2)c(N2CCC3(CC2)CC3)c1. The Labute approximate surface area is 245 Å². The molecule has 2 N–H and O–H groups in total. The van der Waals surface area contributed by atoms with E-state index in [4.69, 9.17) is 0 Å². The molecule has 3 aromatic rings. The Morgan fingerprint density at radius 3 is 2.17 bits per heavy atom. The van der Waals surface area contributed by atoms with Crippen molar-refractivity contribution in [3.63, 3.8) is 0 Å². The first-order valence-corrected chi connectivity index (χ1v) is 16.2. The number of piperidine rings is 2. The van der Waals surface area contributed by atoms with E-state index in [0.717, 1.165) is 37.3 Å². The van der Waals surface area contributed by atoms with E-state index in [1.165, 1.54) is 12.8 Å². The maximum Gasteiger partial charge on any atom is 0.257 e. The van der Waals surface area contributed by atoms with Crippen molar-refractivity contribution in [2.75, 3.05) is 51.8 Å². The van der Waals surface area contributed by atoms with Crippen LogP contribution in [0.5, 0.6) is 0 Å². The average molecular weight is 599 g/mol. The monoisotopic (exact) mass is 598 g/mol. The molecule has 1 saturated carbocycles. The van der Waals surface area contributed by atoms with E-state index in [1.807, 2.05) is 21.6 Å². The van der Waals surface area contributed by atoms with Gasteiger partial charge >= 0.3 is 0 Å². The highest BCUT2D eigenvalue weighted by Crippen LogP contribution is 2.54. The Morgan fingerprint density at radius 2 is 1.52 bits per heavy atom. The van der Waals surface area contributed by atoms with Crippen LogP contribution < -0.4 is 19.8 Å². The predicted molar refractivity (Wildman–Crippen MR) is 161 cm³/mol. The quantitative estimate of drug-likeness (QED) is 0.355. The van der Waals surface area contributed by atoms with Gasteiger partial charge in [-0.1, -0.05) is 0 Å². The minimum Gasteiger partial charge on any atom is -0.371 e. The largest absolute Gasteiger partial charge is 0.371 e. The van der Waals surface area contributed by atoms with E-state index in [2.05, 4.69) is 19.9 Å². The molecule has 0 unspecified atom stereocenters. The summed E-state index contributed by atoms with van der Waals surface area (Å²) in [5, 5.41) is 3.01. The fraction of sp³-hybridized carbons (Fsp3) is 0.467. The van der Waals surface area contributed by atoms with E-state index in [0.29, 0.717) is 28.0 Å². The molecule has 1 aliphatic carbocycles. The normalized spacial score (nSPS) is 19.5. The number of amides is 1. The van der Waals surface area contributed by atoms with Gasteiger partial charge in [0.05, 0.1) is 40.4 Å². The number of carbonyl (C=O) groups is 1. The molecule has 2 saturated heterocycles. The molecule has 3 aliphatic rings. The minimum absolute atomic E-state index is 0.0527. The van der Waals surface area contributed by atoms with Gasteiger partial charge in [-0.25, -0.2) is 22.2 Å². The summed E-state index contributed by atoms with van der Waals surface area (Å²) in [5.41, 5.74) is 4.04. The van der Waals surface area contributed by atoms with Crippen LogP contribution in [0.25, 0.3) is 5.69 Å². The standard InChI is InChI=1S/C30H36F2N6O3S/c1-2-42(40,41)35-23-3-5-24(26(20-23)36-14-9-29(7-8-29)10-15-36)28(39)34-22-4-6-25(38-18-13-33-21-38)27(19-22)37-16-11-30(31,32)12-17-37/h3-6,13,18-21,35H,2,7-12,14-17H2,1H3,(H,34,39). The van der Waals surface area contributed by atoms with Crippen LogP contribution in [-0.2, 0) is 10.0 Å². The summed E-state index contributed by atoms with van der Waals surface area (Å²) in [5.74, 6) is -3.06. The third kappa shape index (κ3) is 6.08. The maximum absolute atomic E-state index is 13.9. The lowest BCUT2D eigenvalue weighted by Crippen LogP contribution is -2.39. The summed E-state index contributed by atoms with van der Waals surface area (Å²) < 4.78 is 56.8. The van der Waals surface area contributed by atoms with Crippen molar-refractivity contribution in [3.05, 3.63) is 60.7 Å². The number of nitrogens with zero attached hydrogens (tertiary/aromatic N) is 4. The molecule has 9 nitrogen and oxygen atoms in total. The third-order valence-corrected chi connectivity index (χ3v) is 10.2. The van der Waals surface area contributed by atoms with E-state index in [-0.39, 0.29) is 37.6 Å². The molecule has 2 aliphatic heterocycles. The van der Waals surface area contributed by atoms with Gasteiger partial charge in [0.15, 0.2) is 0 Å². The van der Waals surface area contributed by atoms with Gasteiger partial charge in [0.1, 0.15) is 0 Å². The van der Waals surface area contributed by atoms with Gasteiger partial charge < -0.3 is 19.7 Å². The zero-order chi connectivity index (χ0) is 29.5. The molecule has 2 aromatic carbocycles. The van der Waals surface area contributed by atoms with Crippen LogP contribution >= 0.6 is 0 Å². The van der Waals surface area contributed by atoms with Gasteiger partial charge in [0.25, 0.3) is 11.8 Å². The summed E-state index contributed by atoms with van der Waals surface area (Å²) in [6.07, 6.45) is 9.22. The molecule has 6 rings (SSSR count). The van der Waals surface area contributed by atoms with Crippen molar-refractivity contribution in [2.45, 2.75) is 51.4 Å². The number of anilines is 4. The lowest BCUT2D eigenvalue weighted by molar-refractivity contribution is -0.0220. The van der Waals surface area contributed by atoms with Crippen molar-refractivity contribution in [3.8, 4) is 5.69 Å². The zero-order valence-corrected chi connectivity index (χ0v) is 24.5. The average Bonchev–Trinajstić information content (AvgIpc) is 3.48. The molecule has 42 heavy (non-hydrogen) atoms. The van der Waals surface area contributed by atoms with Crippen molar-refractivity contribution in [1.82, 2.24) is 9.55 Å². The third-order valence-electron chi connectivity index (χ3n) is 8.87. The number of hydrogen-bond donors (Lipinski definition) is 2. The number of imidazole rings is 1. The van der Waals surface area contributed by atoms with Crippen molar-refractivity contribution >= 4 is 38.7 Å². The molecular formula is C30H36F2N6O3S. The minimum atomic E-state index is -3.48. The fourth-order valence-corrected chi connectivity index (χ4v) is 6.58. The molecule has 12 heteroatoms. The summed E-state index contributed by atoms with van der Waals surface area (Å²) in [4.78, 5) is 22.0. The van der Waals surface area contributed by atoms with E-state index >= 15 is 0 Å². The topological polar surface area (TPSA) is 99.6 Å². The van der Waals surface area contributed by atoms with Crippen LogP contribution in [0.2, 0.25) is 0 Å². The van der Waals surface area contributed by atoms with E-state index < -0.39 is 15.9 Å². The molecule has 1 aromatic heterocycles. The van der Waals surface area contributed by atoms with Crippen LogP contribution in [0.1, 0.15) is 55.8 Å².